The number of benzene rings is 1. The Morgan fingerprint density at radius 2 is 2.11 bits per heavy atom. The van der Waals surface area contributed by atoms with Crippen molar-refractivity contribution in [2.24, 2.45) is 0 Å². The average molecular weight is 272 g/mol. The van der Waals surface area contributed by atoms with Gasteiger partial charge in [-0.3, -0.25) is 0 Å². The van der Waals surface area contributed by atoms with Gasteiger partial charge in [0, 0.05) is 5.56 Å². The number of nitriles is 1. The molecular weight excluding hydrogens is 263 g/mol. The maximum absolute atomic E-state index is 12.9. The Morgan fingerprint density at radius 3 is 2.74 bits per heavy atom. The van der Waals surface area contributed by atoms with E-state index in [0.717, 1.165) is 11.4 Å². The first-order valence-corrected chi connectivity index (χ1v) is 6.59. The van der Waals surface area contributed by atoms with Crippen LogP contribution in [0.1, 0.15) is 17.6 Å². The van der Waals surface area contributed by atoms with E-state index in [1.165, 1.54) is 23.5 Å². The van der Waals surface area contributed by atoms with Gasteiger partial charge in [0.2, 0.25) is 4.96 Å². The molecule has 0 aliphatic rings. The molecule has 0 amide bonds. The summed E-state index contributed by atoms with van der Waals surface area (Å²) < 4.78 is 14.5. The van der Waals surface area contributed by atoms with Crippen molar-refractivity contribution in [3.05, 3.63) is 40.8 Å². The summed E-state index contributed by atoms with van der Waals surface area (Å²) in [6.07, 6.45) is 0.810. The predicted octanol–water partition coefficient (Wildman–Crippen LogP) is 3.03. The molecule has 0 fully saturated rings. The average Bonchev–Trinajstić information content (AvgIpc) is 2.96. The van der Waals surface area contributed by atoms with Gasteiger partial charge in [0.15, 0.2) is 5.69 Å². The summed E-state index contributed by atoms with van der Waals surface area (Å²) in [6.45, 7) is 2.01. The van der Waals surface area contributed by atoms with Crippen LogP contribution in [0.5, 0.6) is 0 Å². The van der Waals surface area contributed by atoms with Crippen LogP contribution in [-0.4, -0.2) is 14.6 Å². The van der Waals surface area contributed by atoms with E-state index >= 15 is 0 Å². The molecule has 0 bridgehead atoms. The molecule has 0 unspecified atom stereocenters. The second kappa shape index (κ2) is 4.44. The summed E-state index contributed by atoms with van der Waals surface area (Å²) in [6, 6.07) is 8.06. The van der Waals surface area contributed by atoms with Crippen LogP contribution in [0.25, 0.3) is 16.2 Å². The molecule has 0 aliphatic carbocycles. The van der Waals surface area contributed by atoms with Crippen LogP contribution in [0, 0.1) is 17.1 Å². The second-order valence-electron chi connectivity index (χ2n) is 3.97. The normalized spacial score (nSPS) is 10.8. The lowest BCUT2D eigenvalue weighted by atomic mass is 10.1. The van der Waals surface area contributed by atoms with E-state index in [9.17, 15) is 9.65 Å². The van der Waals surface area contributed by atoms with Gasteiger partial charge in [-0.2, -0.15) is 14.9 Å². The predicted molar refractivity (Wildman–Crippen MR) is 70.4 cm³/mol. The van der Waals surface area contributed by atoms with Crippen LogP contribution in [0.15, 0.2) is 24.3 Å². The Morgan fingerprint density at radius 1 is 1.37 bits per heavy atom. The molecule has 0 N–H and O–H groups in total. The molecule has 1 aromatic carbocycles. The largest absolute Gasteiger partial charge is 0.216 e. The zero-order chi connectivity index (χ0) is 13.4. The van der Waals surface area contributed by atoms with Gasteiger partial charge in [0.1, 0.15) is 22.6 Å². The van der Waals surface area contributed by atoms with Crippen molar-refractivity contribution in [1.82, 2.24) is 14.6 Å². The number of fused-ring (bicyclic) bond motifs is 1. The van der Waals surface area contributed by atoms with Gasteiger partial charge in [0.25, 0.3) is 0 Å². The van der Waals surface area contributed by atoms with Gasteiger partial charge < -0.3 is 0 Å². The summed E-state index contributed by atoms with van der Waals surface area (Å²) in [7, 11) is 0. The molecule has 2 heterocycles. The molecule has 3 aromatic rings. The Labute approximate surface area is 112 Å². The Balaban J connectivity index is 2.21. The van der Waals surface area contributed by atoms with Crippen LogP contribution in [-0.2, 0) is 6.42 Å². The van der Waals surface area contributed by atoms with Crippen LogP contribution < -0.4 is 0 Å². The number of nitrogens with zero attached hydrogens (tertiary/aromatic N) is 4. The molecule has 0 atom stereocenters. The molecule has 0 aliphatic heterocycles. The van der Waals surface area contributed by atoms with Gasteiger partial charge in [-0.05, 0) is 30.7 Å². The number of aryl methyl sites for hydroxylation is 1. The van der Waals surface area contributed by atoms with Gasteiger partial charge in [-0.25, -0.2) is 9.37 Å². The summed E-state index contributed by atoms with van der Waals surface area (Å²) >= 11 is 1.46. The van der Waals surface area contributed by atoms with Crippen molar-refractivity contribution in [1.29, 1.82) is 5.26 Å². The SMILES string of the molecule is CCc1nn2c(C#N)c(-c3ccc(F)cc3)nc2s1. The van der Waals surface area contributed by atoms with Crippen molar-refractivity contribution >= 4 is 16.3 Å². The molecule has 4 nitrogen and oxygen atoms in total. The zero-order valence-electron chi connectivity index (χ0n) is 10.1. The minimum atomic E-state index is -0.310. The maximum atomic E-state index is 12.9. The lowest BCUT2D eigenvalue weighted by Gasteiger charge is -1.97. The standard InChI is InChI=1S/C13H9FN4S/c1-2-11-17-18-10(7-15)12(16-13(18)19-11)8-3-5-9(14)6-4-8/h3-6H,2H2,1H3. The van der Waals surface area contributed by atoms with E-state index in [4.69, 9.17) is 0 Å². The number of hydrogen-bond donors (Lipinski definition) is 0. The number of aromatic nitrogens is 3. The van der Waals surface area contributed by atoms with Crippen LogP contribution >= 0.6 is 11.3 Å². The summed E-state index contributed by atoms with van der Waals surface area (Å²) in [5.74, 6) is -0.310. The van der Waals surface area contributed by atoms with Crippen molar-refractivity contribution in [3.8, 4) is 17.3 Å². The number of halogens is 1. The minimum Gasteiger partial charge on any atom is -0.216 e. The second-order valence-corrected chi connectivity index (χ2v) is 5.01. The molecule has 2 aromatic heterocycles. The number of imidazole rings is 1. The topological polar surface area (TPSA) is 54.0 Å². The first kappa shape index (κ1) is 11.8. The van der Waals surface area contributed by atoms with Crippen LogP contribution in [0.3, 0.4) is 0 Å². The van der Waals surface area contributed by atoms with E-state index in [1.807, 2.05) is 6.92 Å². The third kappa shape index (κ3) is 1.88. The van der Waals surface area contributed by atoms with Crippen molar-refractivity contribution in [2.75, 3.05) is 0 Å². The Hall–Kier alpha value is -2.26. The fourth-order valence-electron chi connectivity index (χ4n) is 1.84. The molecule has 6 heteroatoms. The third-order valence-electron chi connectivity index (χ3n) is 2.77. The van der Waals surface area contributed by atoms with Gasteiger partial charge >= 0.3 is 0 Å². The maximum Gasteiger partial charge on any atom is 0.214 e. The molecular formula is C13H9FN4S. The van der Waals surface area contributed by atoms with E-state index in [1.54, 1.807) is 16.6 Å². The van der Waals surface area contributed by atoms with Crippen molar-refractivity contribution < 1.29 is 4.39 Å². The third-order valence-corrected chi connectivity index (χ3v) is 3.82. The Bertz CT molecular complexity index is 779. The van der Waals surface area contributed by atoms with Crippen LogP contribution in [0.2, 0.25) is 0 Å². The fourth-order valence-corrected chi connectivity index (χ4v) is 2.67. The fraction of sp³-hybridized carbons (Fsp3) is 0.154. The zero-order valence-corrected chi connectivity index (χ0v) is 10.9. The van der Waals surface area contributed by atoms with Crippen molar-refractivity contribution in [2.45, 2.75) is 13.3 Å². The molecule has 3 rings (SSSR count). The van der Waals surface area contributed by atoms with Gasteiger partial charge in [-0.15, -0.1) is 0 Å². The minimum absolute atomic E-state index is 0.310. The summed E-state index contributed by atoms with van der Waals surface area (Å²) in [5, 5.41) is 14.6. The highest BCUT2D eigenvalue weighted by Gasteiger charge is 2.17. The highest BCUT2D eigenvalue weighted by atomic mass is 32.1. The first-order chi connectivity index (χ1) is 9.22. The molecule has 0 saturated carbocycles. The molecule has 0 radical (unpaired) electrons. The smallest absolute Gasteiger partial charge is 0.214 e. The lowest BCUT2D eigenvalue weighted by molar-refractivity contribution is 0.628. The molecule has 19 heavy (non-hydrogen) atoms. The van der Waals surface area contributed by atoms with E-state index in [-0.39, 0.29) is 5.82 Å². The highest BCUT2D eigenvalue weighted by molar-refractivity contribution is 7.16. The van der Waals surface area contributed by atoms with Crippen molar-refractivity contribution in [3.63, 3.8) is 0 Å². The monoisotopic (exact) mass is 272 g/mol. The number of rotatable bonds is 2. The molecule has 0 spiro atoms. The lowest BCUT2D eigenvalue weighted by Crippen LogP contribution is -1.92. The van der Waals surface area contributed by atoms with Gasteiger partial charge in [-0.1, -0.05) is 18.3 Å². The van der Waals surface area contributed by atoms with E-state index < -0.39 is 0 Å². The van der Waals surface area contributed by atoms with E-state index in [2.05, 4.69) is 16.2 Å². The van der Waals surface area contributed by atoms with E-state index in [0.29, 0.717) is 21.9 Å². The summed E-state index contributed by atoms with van der Waals surface area (Å²) in [5.41, 5.74) is 1.65. The quantitative estimate of drug-likeness (QED) is 0.720. The van der Waals surface area contributed by atoms with Gasteiger partial charge in [0.05, 0.1) is 0 Å². The van der Waals surface area contributed by atoms with Crippen LogP contribution in [0.4, 0.5) is 4.39 Å². The first-order valence-electron chi connectivity index (χ1n) is 5.77. The highest BCUT2D eigenvalue weighted by Crippen LogP contribution is 2.26. The molecule has 94 valence electrons. The Kier molecular flexibility index (Phi) is 2.76. The molecule has 0 saturated heterocycles. The number of hydrogen-bond acceptors (Lipinski definition) is 4. The summed E-state index contributed by atoms with van der Waals surface area (Å²) in [4.78, 5) is 5.11.